The molecule has 3 nitrogen and oxygen atoms in total. The zero-order chi connectivity index (χ0) is 15.1. The molecule has 0 spiro atoms. The molecule has 0 fully saturated rings. The van der Waals surface area contributed by atoms with Gasteiger partial charge in [0.2, 0.25) is 0 Å². The number of nitrogens with one attached hydrogen (secondary N) is 1. The standard InChI is InChI=1S/C18H19N3S/c1-3-13-4-6-14(7-5-13)21-18-15(8-9-19-18)17(20-21)16-10-12(2)11-22-16/h4-7,10-11,19H,3,8-9H2,1-2H3. The highest BCUT2D eigenvalue weighted by Crippen LogP contribution is 2.37. The molecule has 3 aromatic rings. The second-order valence-corrected chi connectivity index (χ2v) is 6.68. The fraction of sp³-hybridized carbons (Fsp3) is 0.278. The summed E-state index contributed by atoms with van der Waals surface area (Å²) in [7, 11) is 0. The lowest BCUT2D eigenvalue weighted by Gasteiger charge is -2.07. The predicted molar refractivity (Wildman–Crippen MR) is 93.2 cm³/mol. The molecule has 0 radical (unpaired) electrons. The van der Waals surface area contributed by atoms with Crippen molar-refractivity contribution in [2.24, 2.45) is 0 Å². The Labute approximate surface area is 134 Å². The maximum Gasteiger partial charge on any atom is 0.133 e. The lowest BCUT2D eigenvalue weighted by Crippen LogP contribution is -2.04. The van der Waals surface area contributed by atoms with Crippen LogP contribution in [0.15, 0.2) is 35.7 Å². The van der Waals surface area contributed by atoms with Gasteiger partial charge in [0.15, 0.2) is 0 Å². The van der Waals surface area contributed by atoms with Gasteiger partial charge in [0.25, 0.3) is 0 Å². The summed E-state index contributed by atoms with van der Waals surface area (Å²) < 4.78 is 2.06. The first-order chi connectivity index (χ1) is 10.8. The monoisotopic (exact) mass is 309 g/mol. The molecule has 0 aliphatic carbocycles. The number of rotatable bonds is 3. The van der Waals surface area contributed by atoms with Crippen molar-refractivity contribution in [2.45, 2.75) is 26.7 Å². The van der Waals surface area contributed by atoms with Crippen LogP contribution in [0.4, 0.5) is 5.82 Å². The van der Waals surface area contributed by atoms with Crippen molar-refractivity contribution < 1.29 is 0 Å². The summed E-state index contributed by atoms with van der Waals surface area (Å²) >= 11 is 1.78. The average Bonchev–Trinajstić information content (AvgIpc) is 3.23. The smallest absolute Gasteiger partial charge is 0.133 e. The molecule has 0 saturated carbocycles. The van der Waals surface area contributed by atoms with E-state index >= 15 is 0 Å². The molecule has 1 aliphatic heterocycles. The largest absolute Gasteiger partial charge is 0.369 e. The Bertz CT molecular complexity index is 811. The van der Waals surface area contributed by atoms with Crippen LogP contribution in [-0.2, 0) is 12.8 Å². The highest BCUT2D eigenvalue weighted by Gasteiger charge is 2.24. The lowest BCUT2D eigenvalue weighted by atomic mass is 10.1. The number of thiophene rings is 1. The zero-order valence-corrected chi connectivity index (χ0v) is 13.7. The Hall–Kier alpha value is -2.07. The Morgan fingerprint density at radius 1 is 1.27 bits per heavy atom. The van der Waals surface area contributed by atoms with Crippen molar-refractivity contribution in [2.75, 3.05) is 11.9 Å². The molecule has 1 N–H and O–H groups in total. The lowest BCUT2D eigenvalue weighted by molar-refractivity contribution is 0.882. The van der Waals surface area contributed by atoms with Crippen molar-refractivity contribution in [3.05, 3.63) is 52.4 Å². The molecular weight excluding hydrogens is 290 g/mol. The van der Waals surface area contributed by atoms with Crippen molar-refractivity contribution in [1.82, 2.24) is 9.78 Å². The van der Waals surface area contributed by atoms with Crippen molar-refractivity contribution in [3.8, 4) is 16.3 Å². The number of hydrogen-bond acceptors (Lipinski definition) is 3. The number of aromatic nitrogens is 2. The first kappa shape index (κ1) is 13.6. The van der Waals surface area contributed by atoms with Crippen LogP contribution in [0.25, 0.3) is 16.3 Å². The minimum absolute atomic E-state index is 0.998. The molecule has 3 heterocycles. The fourth-order valence-corrected chi connectivity index (χ4v) is 3.90. The van der Waals surface area contributed by atoms with Crippen LogP contribution < -0.4 is 5.32 Å². The highest BCUT2D eigenvalue weighted by atomic mass is 32.1. The Morgan fingerprint density at radius 3 is 2.77 bits per heavy atom. The van der Waals surface area contributed by atoms with Crippen LogP contribution in [0.3, 0.4) is 0 Å². The van der Waals surface area contributed by atoms with E-state index in [1.54, 1.807) is 11.3 Å². The summed E-state index contributed by atoms with van der Waals surface area (Å²) in [6.07, 6.45) is 2.12. The third-order valence-corrected chi connectivity index (χ3v) is 5.26. The number of fused-ring (bicyclic) bond motifs is 1. The maximum absolute atomic E-state index is 4.91. The quantitative estimate of drug-likeness (QED) is 0.775. The number of benzene rings is 1. The minimum Gasteiger partial charge on any atom is -0.369 e. The fourth-order valence-electron chi connectivity index (χ4n) is 2.99. The van der Waals surface area contributed by atoms with Gasteiger partial charge in [0.05, 0.1) is 10.6 Å². The van der Waals surface area contributed by atoms with Gasteiger partial charge in [-0.05, 0) is 54.5 Å². The van der Waals surface area contributed by atoms with Gasteiger partial charge in [-0.25, -0.2) is 4.68 Å². The van der Waals surface area contributed by atoms with E-state index in [0.29, 0.717) is 0 Å². The topological polar surface area (TPSA) is 29.9 Å². The molecule has 1 aromatic carbocycles. The summed E-state index contributed by atoms with van der Waals surface area (Å²) in [4.78, 5) is 1.27. The summed E-state index contributed by atoms with van der Waals surface area (Å²) in [5, 5.41) is 10.6. The predicted octanol–water partition coefficient (Wildman–Crippen LogP) is 4.44. The molecular formula is C18H19N3S. The molecule has 112 valence electrons. The van der Waals surface area contributed by atoms with E-state index in [1.807, 2.05) is 0 Å². The molecule has 0 unspecified atom stereocenters. The van der Waals surface area contributed by atoms with E-state index in [0.717, 1.165) is 36.6 Å². The van der Waals surface area contributed by atoms with Crippen LogP contribution in [-0.4, -0.2) is 16.3 Å². The Kier molecular flexibility index (Phi) is 3.26. The van der Waals surface area contributed by atoms with Crippen molar-refractivity contribution >= 4 is 17.2 Å². The summed E-state index contributed by atoms with van der Waals surface area (Å²) in [5.41, 5.74) is 6.28. The number of hydrogen-bond donors (Lipinski definition) is 1. The van der Waals surface area contributed by atoms with E-state index in [4.69, 9.17) is 5.10 Å². The van der Waals surface area contributed by atoms with Crippen LogP contribution in [0, 0.1) is 6.92 Å². The maximum atomic E-state index is 4.91. The molecule has 2 aromatic heterocycles. The normalized spacial score (nSPS) is 13.2. The number of aryl methyl sites for hydroxylation is 2. The van der Waals surface area contributed by atoms with Gasteiger partial charge in [0, 0.05) is 12.1 Å². The Balaban J connectivity index is 1.83. The van der Waals surface area contributed by atoms with E-state index < -0.39 is 0 Å². The summed E-state index contributed by atoms with van der Waals surface area (Å²) in [5.74, 6) is 1.16. The number of anilines is 1. The van der Waals surface area contributed by atoms with Crippen molar-refractivity contribution in [3.63, 3.8) is 0 Å². The first-order valence-electron chi connectivity index (χ1n) is 7.77. The van der Waals surface area contributed by atoms with Gasteiger partial charge in [-0.1, -0.05) is 19.1 Å². The third-order valence-electron chi connectivity index (χ3n) is 4.20. The molecule has 4 heteroatoms. The van der Waals surface area contributed by atoms with E-state index in [2.05, 4.69) is 59.6 Å². The first-order valence-corrected chi connectivity index (χ1v) is 8.65. The van der Waals surface area contributed by atoms with Gasteiger partial charge in [0.1, 0.15) is 11.5 Å². The van der Waals surface area contributed by atoms with Crippen LogP contribution >= 0.6 is 11.3 Å². The van der Waals surface area contributed by atoms with Crippen LogP contribution in [0.1, 0.15) is 23.6 Å². The zero-order valence-electron chi connectivity index (χ0n) is 12.9. The van der Waals surface area contributed by atoms with Gasteiger partial charge in [-0.2, -0.15) is 5.10 Å². The van der Waals surface area contributed by atoms with Crippen LogP contribution in [0.2, 0.25) is 0 Å². The minimum atomic E-state index is 0.998. The molecule has 1 aliphatic rings. The van der Waals surface area contributed by atoms with Gasteiger partial charge in [-0.3, -0.25) is 0 Å². The summed E-state index contributed by atoms with van der Waals surface area (Å²) in [6.45, 7) is 5.32. The van der Waals surface area contributed by atoms with E-state index in [1.165, 1.54) is 21.6 Å². The highest BCUT2D eigenvalue weighted by molar-refractivity contribution is 7.13. The molecule has 4 rings (SSSR count). The molecule has 0 atom stereocenters. The molecule has 0 amide bonds. The molecule has 0 bridgehead atoms. The summed E-state index contributed by atoms with van der Waals surface area (Å²) in [6, 6.07) is 10.9. The van der Waals surface area contributed by atoms with Crippen LogP contribution in [0.5, 0.6) is 0 Å². The second kappa shape index (κ2) is 5.29. The van der Waals surface area contributed by atoms with Gasteiger partial charge < -0.3 is 5.32 Å². The van der Waals surface area contributed by atoms with Gasteiger partial charge >= 0.3 is 0 Å². The van der Waals surface area contributed by atoms with E-state index in [-0.39, 0.29) is 0 Å². The second-order valence-electron chi connectivity index (χ2n) is 5.77. The molecule has 0 saturated heterocycles. The van der Waals surface area contributed by atoms with Crippen molar-refractivity contribution in [1.29, 1.82) is 0 Å². The van der Waals surface area contributed by atoms with E-state index in [9.17, 15) is 0 Å². The number of nitrogens with zero attached hydrogens (tertiary/aromatic N) is 2. The SMILES string of the molecule is CCc1ccc(-n2nc(-c3cc(C)cs3)c3c2NCC3)cc1. The molecule has 22 heavy (non-hydrogen) atoms. The third kappa shape index (κ3) is 2.15. The van der Waals surface area contributed by atoms with Gasteiger partial charge in [-0.15, -0.1) is 11.3 Å². The Morgan fingerprint density at radius 2 is 2.09 bits per heavy atom. The average molecular weight is 309 g/mol.